The number of aryl methyl sites for hydroxylation is 1. The van der Waals surface area contributed by atoms with Crippen LogP contribution in [-0.4, -0.2) is 22.4 Å². The van der Waals surface area contributed by atoms with Crippen LogP contribution in [0.1, 0.15) is 22.3 Å². The van der Waals surface area contributed by atoms with Crippen LogP contribution >= 0.6 is 0 Å². The lowest BCUT2D eigenvalue weighted by Crippen LogP contribution is -2.36. The van der Waals surface area contributed by atoms with Gasteiger partial charge >= 0.3 is 0 Å². The van der Waals surface area contributed by atoms with Crippen molar-refractivity contribution >= 4 is 29.2 Å². The van der Waals surface area contributed by atoms with E-state index in [0.717, 1.165) is 5.56 Å². The molecule has 3 aromatic rings. The predicted molar refractivity (Wildman–Crippen MR) is 125 cm³/mol. The van der Waals surface area contributed by atoms with Crippen molar-refractivity contribution in [3.63, 3.8) is 0 Å². The third-order valence-electron chi connectivity index (χ3n) is 5.51. The van der Waals surface area contributed by atoms with Crippen LogP contribution in [0.5, 0.6) is 0 Å². The molecule has 2 heterocycles. The number of hydrogen-bond donors (Lipinski definition) is 0. The minimum Gasteiger partial charge on any atom is -0.266 e. The summed E-state index contributed by atoms with van der Waals surface area (Å²) < 4.78 is 28.2. The second kappa shape index (κ2) is 8.39. The monoisotopic (exact) mass is 439 g/mol. The topological polar surface area (TPSA) is 45.0 Å². The number of benzene rings is 3. The summed E-state index contributed by atoms with van der Waals surface area (Å²) in [5, 5.41) is 0. The highest BCUT2D eigenvalue weighted by molar-refractivity contribution is 6.48. The first-order chi connectivity index (χ1) is 16.0. The summed E-state index contributed by atoms with van der Waals surface area (Å²) in [4.78, 5) is 23.9. The van der Waals surface area contributed by atoms with Crippen molar-refractivity contribution in [1.82, 2.24) is 4.90 Å². The van der Waals surface area contributed by atoms with E-state index in [1.54, 1.807) is 43.3 Å². The zero-order valence-electron chi connectivity index (χ0n) is 17.8. The lowest BCUT2D eigenvalue weighted by atomic mass is 10.0. The number of carbonyl (C=O) groups excluding carboxylic acids is 1. The van der Waals surface area contributed by atoms with E-state index in [2.05, 4.69) is 4.99 Å². The summed E-state index contributed by atoms with van der Waals surface area (Å²) in [5.74, 6) is -0.668. The average Bonchev–Trinajstić information content (AvgIpc) is 3.13. The minimum atomic E-state index is -0.374. The van der Waals surface area contributed by atoms with E-state index in [0.29, 0.717) is 40.4 Å². The zero-order valence-corrected chi connectivity index (χ0v) is 17.8. The number of hydrogen-bond acceptors (Lipinski definition) is 3. The van der Waals surface area contributed by atoms with Gasteiger partial charge in [0.15, 0.2) is 5.84 Å². The highest BCUT2D eigenvalue weighted by Crippen LogP contribution is 2.30. The Labute approximate surface area is 189 Å². The summed E-state index contributed by atoms with van der Waals surface area (Å²) >= 11 is 0. The first kappa shape index (κ1) is 20.7. The quantitative estimate of drug-likeness (QED) is 0.492. The van der Waals surface area contributed by atoms with E-state index in [1.807, 2.05) is 30.3 Å². The van der Waals surface area contributed by atoms with Crippen LogP contribution in [0.3, 0.4) is 0 Å². The fourth-order valence-electron chi connectivity index (χ4n) is 3.80. The van der Waals surface area contributed by atoms with E-state index in [9.17, 15) is 13.6 Å². The lowest BCUT2D eigenvalue weighted by molar-refractivity contribution is -0.120. The fraction of sp³-hybridized carbons (Fsp3) is 0.0741. The number of fused-ring (bicyclic) bond motifs is 1. The van der Waals surface area contributed by atoms with E-state index in [-0.39, 0.29) is 23.2 Å². The number of aliphatic imine (C=N–C) groups is 2. The molecule has 1 amide bonds. The zero-order chi connectivity index (χ0) is 22.9. The summed E-state index contributed by atoms with van der Waals surface area (Å²) in [5.41, 5.74) is 3.60. The number of amidine groups is 1. The SMILES string of the molecule is Cc1cccc(C2=CN3C(=O)/C(=C/c4ccc(F)cc4)N=C3C(Cc3ccccc3)=N2)c1F. The van der Waals surface area contributed by atoms with E-state index < -0.39 is 0 Å². The Morgan fingerprint density at radius 3 is 2.42 bits per heavy atom. The molecule has 4 nitrogen and oxygen atoms in total. The maximum atomic E-state index is 14.9. The molecule has 0 spiro atoms. The third kappa shape index (κ3) is 4.03. The molecule has 0 atom stereocenters. The standard InChI is InChI=1S/C27H19F2N3O/c1-17-6-5-9-21(25(17)29)24-16-32-26(22(30-24)14-18-7-3-2-4-8-18)31-23(27(32)33)15-19-10-12-20(28)13-11-19/h2-13,15-16H,14H2,1H3/b23-15-. The van der Waals surface area contributed by atoms with Gasteiger partial charge in [0.2, 0.25) is 0 Å². The smallest absolute Gasteiger partial charge is 0.266 e. The van der Waals surface area contributed by atoms with Gasteiger partial charge in [-0.05, 0) is 47.9 Å². The van der Waals surface area contributed by atoms with E-state index in [1.165, 1.54) is 23.2 Å². The van der Waals surface area contributed by atoms with Crippen LogP contribution in [0.15, 0.2) is 94.7 Å². The summed E-state index contributed by atoms with van der Waals surface area (Å²) in [6, 6.07) is 20.6. The Kier molecular flexibility index (Phi) is 5.26. The molecular weight excluding hydrogens is 420 g/mol. The molecular formula is C27H19F2N3O. The number of nitrogens with zero attached hydrogens (tertiary/aromatic N) is 3. The molecule has 0 aromatic heterocycles. The Bertz CT molecular complexity index is 1370. The van der Waals surface area contributed by atoms with Gasteiger partial charge in [-0.25, -0.2) is 18.8 Å². The molecule has 6 heteroatoms. The Hall–Kier alpha value is -4.19. The average molecular weight is 439 g/mol. The lowest BCUT2D eigenvalue weighted by Gasteiger charge is -2.22. The van der Waals surface area contributed by atoms with Crippen LogP contribution < -0.4 is 0 Å². The minimum absolute atomic E-state index is 0.208. The van der Waals surface area contributed by atoms with Crippen molar-refractivity contribution in [2.24, 2.45) is 9.98 Å². The van der Waals surface area contributed by atoms with Crippen LogP contribution in [0.25, 0.3) is 11.8 Å². The molecule has 0 saturated heterocycles. The van der Waals surface area contributed by atoms with E-state index in [4.69, 9.17) is 4.99 Å². The van der Waals surface area contributed by atoms with Gasteiger partial charge in [-0.2, -0.15) is 0 Å². The Morgan fingerprint density at radius 1 is 0.909 bits per heavy atom. The van der Waals surface area contributed by atoms with Gasteiger partial charge < -0.3 is 0 Å². The molecule has 3 aromatic carbocycles. The van der Waals surface area contributed by atoms with Gasteiger partial charge in [0.25, 0.3) is 5.91 Å². The van der Waals surface area contributed by atoms with Gasteiger partial charge in [-0.15, -0.1) is 0 Å². The molecule has 162 valence electrons. The molecule has 0 bridgehead atoms. The predicted octanol–water partition coefficient (Wildman–Crippen LogP) is 5.55. The molecule has 0 unspecified atom stereocenters. The first-order valence-corrected chi connectivity index (χ1v) is 10.5. The molecule has 0 fully saturated rings. The van der Waals surface area contributed by atoms with Gasteiger partial charge in [-0.3, -0.25) is 9.69 Å². The molecule has 0 saturated carbocycles. The highest BCUT2D eigenvalue weighted by Gasteiger charge is 2.35. The first-order valence-electron chi connectivity index (χ1n) is 10.5. The van der Waals surface area contributed by atoms with Crippen molar-refractivity contribution in [2.45, 2.75) is 13.3 Å². The molecule has 0 aliphatic carbocycles. The van der Waals surface area contributed by atoms with Crippen LogP contribution in [0.2, 0.25) is 0 Å². The van der Waals surface area contributed by atoms with Crippen LogP contribution in [-0.2, 0) is 11.2 Å². The Balaban J connectivity index is 1.60. The molecule has 2 aliphatic rings. The fourth-order valence-corrected chi connectivity index (χ4v) is 3.80. The van der Waals surface area contributed by atoms with Gasteiger partial charge in [0, 0.05) is 18.2 Å². The van der Waals surface area contributed by atoms with Gasteiger partial charge in [0.1, 0.15) is 17.3 Å². The third-order valence-corrected chi connectivity index (χ3v) is 5.51. The number of halogens is 2. The summed E-state index contributed by atoms with van der Waals surface area (Å²) in [6.07, 6.45) is 3.56. The van der Waals surface area contributed by atoms with Crippen molar-refractivity contribution in [2.75, 3.05) is 0 Å². The second-order valence-electron chi connectivity index (χ2n) is 7.86. The van der Waals surface area contributed by atoms with Gasteiger partial charge in [-0.1, -0.05) is 54.6 Å². The van der Waals surface area contributed by atoms with Crippen molar-refractivity contribution in [3.05, 3.63) is 119 Å². The van der Waals surface area contributed by atoms with Crippen molar-refractivity contribution in [1.29, 1.82) is 0 Å². The number of amides is 1. The highest BCUT2D eigenvalue weighted by atomic mass is 19.1. The molecule has 0 radical (unpaired) electrons. The van der Waals surface area contributed by atoms with Crippen molar-refractivity contribution in [3.8, 4) is 0 Å². The normalized spacial score (nSPS) is 16.5. The molecule has 0 N–H and O–H groups in total. The van der Waals surface area contributed by atoms with Gasteiger partial charge in [0.05, 0.1) is 11.4 Å². The maximum absolute atomic E-state index is 14.9. The maximum Gasteiger partial charge on any atom is 0.282 e. The Morgan fingerprint density at radius 2 is 1.67 bits per heavy atom. The van der Waals surface area contributed by atoms with E-state index >= 15 is 0 Å². The number of carbonyl (C=O) groups is 1. The number of rotatable bonds is 4. The van der Waals surface area contributed by atoms with Crippen molar-refractivity contribution < 1.29 is 13.6 Å². The summed E-state index contributed by atoms with van der Waals surface area (Å²) in [7, 11) is 0. The molecule has 33 heavy (non-hydrogen) atoms. The van der Waals surface area contributed by atoms with Crippen LogP contribution in [0.4, 0.5) is 8.78 Å². The molecule has 5 rings (SSSR count). The largest absolute Gasteiger partial charge is 0.282 e. The van der Waals surface area contributed by atoms with Crippen LogP contribution in [0, 0.1) is 18.6 Å². The summed E-state index contributed by atoms with van der Waals surface area (Å²) in [6.45, 7) is 1.69. The molecule has 2 aliphatic heterocycles. The second-order valence-corrected chi connectivity index (χ2v) is 7.86.